The summed E-state index contributed by atoms with van der Waals surface area (Å²) in [6.07, 6.45) is 2.89. The lowest BCUT2D eigenvalue weighted by molar-refractivity contribution is 0.173. The molecule has 0 saturated heterocycles. The number of rotatable bonds is 6. The lowest BCUT2D eigenvalue weighted by atomic mass is 10.1. The second-order valence-corrected chi connectivity index (χ2v) is 5.33. The van der Waals surface area contributed by atoms with Crippen LogP contribution in [-0.2, 0) is 6.54 Å². The predicted molar refractivity (Wildman–Crippen MR) is 84.3 cm³/mol. The molecule has 0 fully saturated rings. The van der Waals surface area contributed by atoms with E-state index < -0.39 is 6.10 Å². The van der Waals surface area contributed by atoms with E-state index in [1.54, 1.807) is 6.20 Å². The number of aliphatic hydroxyl groups is 1. The fourth-order valence-electron chi connectivity index (χ4n) is 2.16. The number of hydrogen-bond acceptors (Lipinski definition) is 3. The van der Waals surface area contributed by atoms with Crippen molar-refractivity contribution in [3.63, 3.8) is 0 Å². The van der Waals surface area contributed by atoms with Crippen LogP contribution in [0.5, 0.6) is 0 Å². The van der Waals surface area contributed by atoms with Crippen LogP contribution in [0.3, 0.4) is 0 Å². The van der Waals surface area contributed by atoms with Gasteiger partial charge in [-0.05, 0) is 19.4 Å². The number of nitrogens with one attached hydrogen (secondary N) is 2. The SMILES string of the molecule is CC(C)n1ccnc1CNC(=O)NCC(O)c1ccccc1. The maximum absolute atomic E-state index is 11.8. The molecule has 22 heavy (non-hydrogen) atoms. The summed E-state index contributed by atoms with van der Waals surface area (Å²) in [7, 11) is 0. The van der Waals surface area contributed by atoms with Crippen LogP contribution in [0.15, 0.2) is 42.7 Å². The topological polar surface area (TPSA) is 79.2 Å². The van der Waals surface area contributed by atoms with Gasteiger partial charge >= 0.3 is 6.03 Å². The second-order valence-electron chi connectivity index (χ2n) is 5.33. The summed E-state index contributed by atoms with van der Waals surface area (Å²) in [5, 5.41) is 15.4. The summed E-state index contributed by atoms with van der Waals surface area (Å²) >= 11 is 0. The van der Waals surface area contributed by atoms with Gasteiger partial charge in [0, 0.05) is 25.0 Å². The van der Waals surface area contributed by atoms with Gasteiger partial charge in [0.25, 0.3) is 0 Å². The van der Waals surface area contributed by atoms with Crippen molar-refractivity contribution < 1.29 is 9.90 Å². The van der Waals surface area contributed by atoms with E-state index >= 15 is 0 Å². The minimum atomic E-state index is -0.718. The van der Waals surface area contributed by atoms with Crippen LogP contribution in [0, 0.1) is 0 Å². The molecule has 2 rings (SSSR count). The molecule has 0 bridgehead atoms. The first-order valence-corrected chi connectivity index (χ1v) is 7.34. The molecule has 1 atom stereocenters. The average Bonchev–Trinajstić information content (AvgIpc) is 3.00. The molecule has 0 aliphatic rings. The van der Waals surface area contributed by atoms with E-state index in [-0.39, 0.29) is 12.6 Å². The fourth-order valence-corrected chi connectivity index (χ4v) is 2.16. The molecule has 0 aliphatic carbocycles. The molecule has 0 spiro atoms. The van der Waals surface area contributed by atoms with E-state index in [4.69, 9.17) is 0 Å². The third-order valence-corrected chi connectivity index (χ3v) is 3.35. The molecule has 3 N–H and O–H groups in total. The Balaban J connectivity index is 1.77. The molecule has 1 aromatic heterocycles. The third-order valence-electron chi connectivity index (χ3n) is 3.35. The van der Waals surface area contributed by atoms with Crippen LogP contribution in [0.1, 0.15) is 37.4 Å². The zero-order valence-electron chi connectivity index (χ0n) is 12.9. The average molecular weight is 302 g/mol. The molecular formula is C16H22N4O2. The van der Waals surface area contributed by atoms with Crippen LogP contribution in [-0.4, -0.2) is 27.2 Å². The van der Waals surface area contributed by atoms with E-state index in [1.165, 1.54) is 0 Å². The summed E-state index contributed by atoms with van der Waals surface area (Å²) in [6.45, 7) is 4.62. The predicted octanol–water partition coefficient (Wildman–Crippen LogP) is 2.00. The Morgan fingerprint density at radius 2 is 2.00 bits per heavy atom. The zero-order chi connectivity index (χ0) is 15.9. The maximum Gasteiger partial charge on any atom is 0.315 e. The Labute approximate surface area is 130 Å². The number of urea groups is 1. The van der Waals surface area contributed by atoms with Gasteiger partial charge in [0.1, 0.15) is 5.82 Å². The molecule has 0 radical (unpaired) electrons. The molecule has 6 heteroatoms. The van der Waals surface area contributed by atoms with Crippen molar-refractivity contribution in [3.05, 3.63) is 54.1 Å². The van der Waals surface area contributed by atoms with Gasteiger partial charge in [-0.2, -0.15) is 0 Å². The van der Waals surface area contributed by atoms with Gasteiger partial charge in [-0.25, -0.2) is 9.78 Å². The Bertz CT molecular complexity index is 595. The highest BCUT2D eigenvalue weighted by molar-refractivity contribution is 5.73. The highest BCUT2D eigenvalue weighted by atomic mass is 16.3. The van der Waals surface area contributed by atoms with Crippen LogP contribution in [0.2, 0.25) is 0 Å². The van der Waals surface area contributed by atoms with Gasteiger partial charge in [0.2, 0.25) is 0 Å². The lowest BCUT2D eigenvalue weighted by Crippen LogP contribution is -2.38. The number of hydrogen-bond donors (Lipinski definition) is 3. The van der Waals surface area contributed by atoms with Gasteiger partial charge in [-0.1, -0.05) is 30.3 Å². The van der Waals surface area contributed by atoms with Crippen molar-refractivity contribution in [2.75, 3.05) is 6.54 Å². The minimum absolute atomic E-state index is 0.161. The molecule has 118 valence electrons. The molecule has 1 unspecified atom stereocenters. The normalized spacial score (nSPS) is 12.2. The van der Waals surface area contributed by atoms with Gasteiger partial charge < -0.3 is 20.3 Å². The number of aliphatic hydroxyl groups excluding tert-OH is 1. The summed E-state index contributed by atoms with van der Waals surface area (Å²) in [5.74, 6) is 0.800. The monoisotopic (exact) mass is 302 g/mol. The van der Waals surface area contributed by atoms with Crippen molar-refractivity contribution in [1.82, 2.24) is 20.2 Å². The number of benzene rings is 1. The number of carbonyl (C=O) groups is 1. The minimum Gasteiger partial charge on any atom is -0.387 e. The van der Waals surface area contributed by atoms with E-state index in [0.717, 1.165) is 11.4 Å². The first-order chi connectivity index (χ1) is 10.6. The van der Waals surface area contributed by atoms with E-state index in [0.29, 0.717) is 12.6 Å². The van der Waals surface area contributed by atoms with Gasteiger partial charge in [-0.3, -0.25) is 0 Å². The van der Waals surface area contributed by atoms with Crippen molar-refractivity contribution in [3.8, 4) is 0 Å². The van der Waals surface area contributed by atoms with E-state index in [1.807, 2.05) is 41.1 Å². The van der Waals surface area contributed by atoms with Crippen LogP contribution in [0.25, 0.3) is 0 Å². The van der Waals surface area contributed by atoms with Crippen molar-refractivity contribution in [1.29, 1.82) is 0 Å². The number of amides is 2. The van der Waals surface area contributed by atoms with Crippen molar-refractivity contribution >= 4 is 6.03 Å². The Morgan fingerprint density at radius 3 is 2.68 bits per heavy atom. The number of carbonyl (C=O) groups excluding carboxylic acids is 1. The lowest BCUT2D eigenvalue weighted by Gasteiger charge is -2.14. The largest absolute Gasteiger partial charge is 0.387 e. The highest BCUT2D eigenvalue weighted by Gasteiger charge is 2.10. The second kappa shape index (κ2) is 7.61. The Morgan fingerprint density at radius 1 is 1.27 bits per heavy atom. The number of nitrogens with zero attached hydrogens (tertiary/aromatic N) is 2. The molecule has 1 heterocycles. The molecule has 0 aliphatic heterocycles. The Kier molecular flexibility index (Phi) is 5.55. The molecular weight excluding hydrogens is 280 g/mol. The summed E-state index contributed by atoms with van der Waals surface area (Å²) in [5.41, 5.74) is 0.776. The molecule has 1 aromatic carbocycles. The van der Waals surface area contributed by atoms with Crippen LogP contribution in [0.4, 0.5) is 4.79 Å². The number of imidazole rings is 1. The molecule has 2 aromatic rings. The van der Waals surface area contributed by atoms with Gasteiger partial charge in [0.15, 0.2) is 0 Å². The fraction of sp³-hybridized carbons (Fsp3) is 0.375. The maximum atomic E-state index is 11.8. The van der Waals surface area contributed by atoms with Crippen LogP contribution < -0.4 is 10.6 Å². The number of aromatic nitrogens is 2. The third kappa shape index (κ3) is 4.33. The summed E-state index contributed by atoms with van der Waals surface area (Å²) < 4.78 is 2.00. The molecule has 0 saturated carbocycles. The zero-order valence-corrected chi connectivity index (χ0v) is 12.9. The van der Waals surface area contributed by atoms with Gasteiger partial charge in [0.05, 0.1) is 12.6 Å². The first kappa shape index (κ1) is 16.0. The smallest absolute Gasteiger partial charge is 0.315 e. The van der Waals surface area contributed by atoms with E-state index in [9.17, 15) is 9.90 Å². The van der Waals surface area contributed by atoms with Crippen molar-refractivity contribution in [2.45, 2.75) is 32.5 Å². The summed E-state index contributed by atoms with van der Waals surface area (Å²) in [4.78, 5) is 16.0. The van der Waals surface area contributed by atoms with Crippen LogP contribution >= 0.6 is 0 Å². The highest BCUT2D eigenvalue weighted by Crippen LogP contribution is 2.10. The van der Waals surface area contributed by atoms with Gasteiger partial charge in [-0.15, -0.1) is 0 Å². The van der Waals surface area contributed by atoms with Crippen molar-refractivity contribution in [2.24, 2.45) is 0 Å². The van der Waals surface area contributed by atoms with E-state index in [2.05, 4.69) is 29.5 Å². The standard InChI is InChI=1S/C16H22N4O2/c1-12(2)20-9-8-17-15(20)11-19-16(22)18-10-14(21)13-6-4-3-5-7-13/h3-9,12,14,21H,10-11H2,1-2H3,(H2,18,19,22). The first-order valence-electron chi connectivity index (χ1n) is 7.34. The quantitative estimate of drug-likeness (QED) is 0.763. The summed E-state index contributed by atoms with van der Waals surface area (Å²) in [6, 6.07) is 9.20. The molecule has 2 amide bonds. The molecule has 6 nitrogen and oxygen atoms in total. The Hall–Kier alpha value is -2.34.